The molecule has 2 atom stereocenters. The average molecular weight is 265 g/mol. The Morgan fingerprint density at radius 2 is 2.17 bits per heavy atom. The largest absolute Gasteiger partial charge is 0.324 e. The molecule has 1 aromatic rings. The lowest BCUT2D eigenvalue weighted by Crippen LogP contribution is -2.50. The van der Waals surface area contributed by atoms with Gasteiger partial charge in [0.2, 0.25) is 0 Å². The van der Waals surface area contributed by atoms with Crippen LogP contribution < -0.4 is 11.1 Å². The van der Waals surface area contributed by atoms with Gasteiger partial charge in [0, 0.05) is 36.6 Å². The van der Waals surface area contributed by atoms with Crippen molar-refractivity contribution in [3.05, 3.63) is 29.8 Å². The number of nitrogens with zero attached hydrogens (tertiary/aromatic N) is 1. The molecule has 0 amide bonds. The maximum absolute atomic E-state index is 6.32. The van der Waals surface area contributed by atoms with Gasteiger partial charge in [0.1, 0.15) is 0 Å². The summed E-state index contributed by atoms with van der Waals surface area (Å²) in [5.41, 5.74) is 7.56. The second-order valence-electron chi connectivity index (χ2n) is 4.95. The number of benzene rings is 1. The van der Waals surface area contributed by atoms with E-state index in [4.69, 9.17) is 5.73 Å². The third-order valence-electron chi connectivity index (χ3n) is 3.71. The molecule has 4 heteroatoms. The van der Waals surface area contributed by atoms with Gasteiger partial charge in [0.25, 0.3) is 0 Å². The quantitative estimate of drug-likeness (QED) is 0.813. The number of hydrogen-bond donors (Lipinski definition) is 2. The van der Waals surface area contributed by atoms with Gasteiger partial charge in [-0.1, -0.05) is 12.1 Å². The van der Waals surface area contributed by atoms with Crippen LogP contribution in [-0.4, -0.2) is 43.9 Å². The minimum Gasteiger partial charge on any atom is -0.324 e. The van der Waals surface area contributed by atoms with Gasteiger partial charge in [-0.15, -0.1) is 11.8 Å². The second-order valence-corrected chi connectivity index (χ2v) is 5.83. The Kier molecular flexibility index (Phi) is 5.06. The summed E-state index contributed by atoms with van der Waals surface area (Å²) in [7, 11) is 2.19. The lowest BCUT2D eigenvalue weighted by Gasteiger charge is -2.34. The zero-order valence-electron chi connectivity index (χ0n) is 11.2. The molecule has 0 aromatic heterocycles. The van der Waals surface area contributed by atoms with Crippen molar-refractivity contribution < 1.29 is 0 Å². The summed E-state index contributed by atoms with van der Waals surface area (Å²) in [4.78, 5) is 3.70. The smallest absolute Gasteiger partial charge is 0.0310 e. The molecule has 1 aliphatic rings. The van der Waals surface area contributed by atoms with Crippen LogP contribution in [-0.2, 0) is 0 Å². The Morgan fingerprint density at radius 3 is 2.78 bits per heavy atom. The molecule has 1 aliphatic heterocycles. The lowest BCUT2D eigenvalue weighted by atomic mass is 9.98. The number of thioether (sulfide) groups is 1. The van der Waals surface area contributed by atoms with Crippen LogP contribution in [0, 0.1) is 0 Å². The molecule has 2 unspecified atom stereocenters. The van der Waals surface area contributed by atoms with E-state index in [2.05, 4.69) is 47.8 Å². The molecule has 1 fully saturated rings. The topological polar surface area (TPSA) is 41.3 Å². The molecule has 1 heterocycles. The van der Waals surface area contributed by atoms with E-state index in [1.165, 1.54) is 10.5 Å². The van der Waals surface area contributed by atoms with Crippen molar-refractivity contribution in [3.63, 3.8) is 0 Å². The van der Waals surface area contributed by atoms with Crippen molar-refractivity contribution in [1.82, 2.24) is 10.2 Å². The normalized spacial score (nSPS) is 22.9. The van der Waals surface area contributed by atoms with Crippen molar-refractivity contribution in [3.8, 4) is 0 Å². The van der Waals surface area contributed by atoms with Crippen molar-refractivity contribution in [2.24, 2.45) is 5.73 Å². The number of hydrogen-bond acceptors (Lipinski definition) is 4. The maximum atomic E-state index is 6.32. The van der Waals surface area contributed by atoms with Gasteiger partial charge in [-0.25, -0.2) is 0 Å². The molecule has 2 rings (SSSR count). The predicted molar refractivity (Wildman–Crippen MR) is 79.1 cm³/mol. The number of rotatable bonds is 4. The van der Waals surface area contributed by atoms with Crippen LogP contribution in [0.25, 0.3) is 0 Å². The molecule has 0 saturated carbocycles. The van der Waals surface area contributed by atoms with Crippen molar-refractivity contribution in [2.45, 2.75) is 23.4 Å². The first kappa shape index (κ1) is 13.9. The summed E-state index contributed by atoms with van der Waals surface area (Å²) in [5.74, 6) is 0. The molecule has 1 saturated heterocycles. The Hall–Kier alpha value is -0.550. The van der Waals surface area contributed by atoms with E-state index < -0.39 is 0 Å². The zero-order chi connectivity index (χ0) is 13.0. The average Bonchev–Trinajstić information content (AvgIpc) is 2.41. The number of piperazine rings is 1. The molecule has 3 nitrogen and oxygen atoms in total. The summed E-state index contributed by atoms with van der Waals surface area (Å²) in [5, 5.41) is 3.44. The van der Waals surface area contributed by atoms with E-state index in [0.29, 0.717) is 6.04 Å². The van der Waals surface area contributed by atoms with E-state index in [9.17, 15) is 0 Å². The number of likely N-dealkylation sites (N-methyl/N-ethyl adjacent to an activating group) is 1. The van der Waals surface area contributed by atoms with Crippen LogP contribution in [0.4, 0.5) is 0 Å². The van der Waals surface area contributed by atoms with Crippen molar-refractivity contribution >= 4 is 11.8 Å². The van der Waals surface area contributed by atoms with Gasteiger partial charge in [0.05, 0.1) is 0 Å². The summed E-state index contributed by atoms with van der Waals surface area (Å²) in [6.45, 7) is 3.25. The molecule has 100 valence electrons. The first-order valence-electron chi connectivity index (χ1n) is 6.51. The highest BCUT2D eigenvalue weighted by Crippen LogP contribution is 2.22. The number of nitrogens with two attached hydrogens (primary N) is 1. The third kappa shape index (κ3) is 3.48. The molecule has 0 radical (unpaired) electrons. The highest BCUT2D eigenvalue weighted by atomic mass is 32.2. The van der Waals surface area contributed by atoms with Crippen LogP contribution in [0.15, 0.2) is 29.2 Å². The fourth-order valence-corrected chi connectivity index (χ4v) is 2.81. The maximum Gasteiger partial charge on any atom is 0.0310 e. The lowest BCUT2D eigenvalue weighted by molar-refractivity contribution is 0.182. The second kappa shape index (κ2) is 6.57. The first-order chi connectivity index (χ1) is 8.70. The van der Waals surface area contributed by atoms with Crippen LogP contribution in [0.1, 0.15) is 18.0 Å². The zero-order valence-corrected chi connectivity index (χ0v) is 12.0. The van der Waals surface area contributed by atoms with Gasteiger partial charge in [-0.05, 0) is 37.4 Å². The van der Waals surface area contributed by atoms with E-state index >= 15 is 0 Å². The van der Waals surface area contributed by atoms with Crippen LogP contribution in [0.2, 0.25) is 0 Å². The SMILES string of the molecule is CSc1ccc(C(N)CC2CNCCN2C)cc1. The van der Waals surface area contributed by atoms with Gasteiger partial charge >= 0.3 is 0 Å². The molecule has 0 bridgehead atoms. The van der Waals surface area contributed by atoms with Gasteiger partial charge in [-0.2, -0.15) is 0 Å². The Labute approximate surface area is 114 Å². The van der Waals surface area contributed by atoms with Crippen LogP contribution in [0.3, 0.4) is 0 Å². The van der Waals surface area contributed by atoms with E-state index in [1.54, 1.807) is 11.8 Å². The van der Waals surface area contributed by atoms with Crippen LogP contribution >= 0.6 is 11.8 Å². The standard InChI is InChI=1S/C14H23N3S/c1-17-8-7-16-10-12(17)9-14(15)11-3-5-13(18-2)6-4-11/h3-6,12,14,16H,7-10,15H2,1-2H3. The Bertz CT molecular complexity index is 366. The van der Waals surface area contributed by atoms with Gasteiger partial charge < -0.3 is 16.0 Å². The van der Waals surface area contributed by atoms with Gasteiger partial charge in [-0.3, -0.25) is 0 Å². The van der Waals surface area contributed by atoms with E-state index in [0.717, 1.165) is 26.1 Å². The third-order valence-corrected chi connectivity index (χ3v) is 4.46. The summed E-state index contributed by atoms with van der Waals surface area (Å²) >= 11 is 1.77. The summed E-state index contributed by atoms with van der Waals surface area (Å²) in [6, 6.07) is 9.31. The molecule has 3 N–H and O–H groups in total. The minimum atomic E-state index is 0.133. The molecular weight excluding hydrogens is 242 g/mol. The minimum absolute atomic E-state index is 0.133. The molecular formula is C14H23N3S. The highest BCUT2D eigenvalue weighted by Gasteiger charge is 2.21. The predicted octanol–water partition coefficient (Wildman–Crippen LogP) is 1.70. The van der Waals surface area contributed by atoms with Crippen LogP contribution in [0.5, 0.6) is 0 Å². The molecule has 18 heavy (non-hydrogen) atoms. The fourth-order valence-electron chi connectivity index (χ4n) is 2.41. The van der Waals surface area contributed by atoms with Gasteiger partial charge in [0.15, 0.2) is 0 Å². The summed E-state index contributed by atoms with van der Waals surface area (Å²) in [6.07, 6.45) is 3.11. The Morgan fingerprint density at radius 1 is 1.44 bits per heavy atom. The summed E-state index contributed by atoms with van der Waals surface area (Å²) < 4.78 is 0. The monoisotopic (exact) mass is 265 g/mol. The molecule has 0 aliphatic carbocycles. The first-order valence-corrected chi connectivity index (χ1v) is 7.73. The van der Waals surface area contributed by atoms with Crippen molar-refractivity contribution in [1.29, 1.82) is 0 Å². The Balaban J connectivity index is 1.95. The van der Waals surface area contributed by atoms with E-state index in [1.807, 2.05) is 0 Å². The van der Waals surface area contributed by atoms with Crippen molar-refractivity contribution in [2.75, 3.05) is 32.9 Å². The fraction of sp³-hybridized carbons (Fsp3) is 0.571. The van der Waals surface area contributed by atoms with E-state index in [-0.39, 0.29) is 6.04 Å². The number of nitrogens with one attached hydrogen (secondary N) is 1. The highest BCUT2D eigenvalue weighted by molar-refractivity contribution is 7.98. The molecule has 0 spiro atoms. The molecule has 1 aromatic carbocycles.